The van der Waals surface area contributed by atoms with E-state index in [9.17, 15) is 0 Å². The van der Waals surface area contributed by atoms with Crippen molar-refractivity contribution in [2.75, 3.05) is 27.9 Å². The molecule has 0 aliphatic heterocycles. The Morgan fingerprint density at radius 3 is 2.27 bits per heavy atom. The first-order valence-corrected chi connectivity index (χ1v) is 9.03. The van der Waals surface area contributed by atoms with Gasteiger partial charge in [0, 0.05) is 17.0 Å². The topological polar surface area (TPSA) is 49.8 Å². The summed E-state index contributed by atoms with van der Waals surface area (Å²) in [6, 6.07) is 11.7. The minimum absolute atomic E-state index is 0.604. The van der Waals surface area contributed by atoms with Crippen molar-refractivity contribution in [1.29, 1.82) is 0 Å². The van der Waals surface area contributed by atoms with Crippen LogP contribution >= 0.6 is 11.5 Å². The van der Waals surface area contributed by atoms with Crippen molar-refractivity contribution in [3.63, 3.8) is 0 Å². The number of methoxy groups -OCH3 is 3. The molecule has 1 heterocycles. The van der Waals surface area contributed by atoms with Crippen LogP contribution in [0.4, 0.5) is 0 Å². The zero-order valence-corrected chi connectivity index (χ0v) is 16.1. The highest BCUT2D eigenvalue weighted by molar-refractivity contribution is 7.04. The van der Waals surface area contributed by atoms with Gasteiger partial charge in [-0.2, -0.15) is 4.37 Å². The Labute approximate surface area is 157 Å². The third-order valence-electron chi connectivity index (χ3n) is 3.99. The predicted molar refractivity (Wildman–Crippen MR) is 104 cm³/mol. The van der Waals surface area contributed by atoms with Crippen LogP contribution in [0.25, 0.3) is 22.4 Å². The quantitative estimate of drug-likeness (QED) is 0.591. The van der Waals surface area contributed by atoms with E-state index in [4.69, 9.17) is 18.9 Å². The average Bonchev–Trinajstić information content (AvgIpc) is 3.17. The second-order valence-corrected chi connectivity index (χ2v) is 6.07. The van der Waals surface area contributed by atoms with Gasteiger partial charge in [0.2, 0.25) is 0 Å². The first kappa shape index (κ1) is 18.1. The number of ether oxygens (including phenoxy) is 4. The zero-order valence-electron chi connectivity index (χ0n) is 15.2. The number of hydrogen-bond acceptors (Lipinski definition) is 6. The van der Waals surface area contributed by atoms with Crippen molar-refractivity contribution in [3.05, 3.63) is 41.8 Å². The van der Waals surface area contributed by atoms with E-state index in [-0.39, 0.29) is 0 Å². The van der Waals surface area contributed by atoms with E-state index in [1.54, 1.807) is 27.4 Å². The molecular formula is C20H21NO4S. The van der Waals surface area contributed by atoms with Crippen molar-refractivity contribution >= 4 is 11.5 Å². The molecule has 0 spiro atoms. The molecule has 6 heteroatoms. The molecule has 3 aromatic rings. The molecule has 0 radical (unpaired) electrons. The molecule has 0 aliphatic carbocycles. The van der Waals surface area contributed by atoms with Crippen LogP contribution in [0.1, 0.15) is 6.92 Å². The SMILES string of the molecule is CCOc1ccc(-c2csnc2-c2cc(OC)cc(OC)c2OC)cc1. The van der Waals surface area contributed by atoms with E-state index >= 15 is 0 Å². The summed E-state index contributed by atoms with van der Waals surface area (Å²) in [4.78, 5) is 0. The van der Waals surface area contributed by atoms with Gasteiger partial charge in [0.05, 0.1) is 39.2 Å². The van der Waals surface area contributed by atoms with E-state index in [0.29, 0.717) is 23.9 Å². The molecule has 0 unspecified atom stereocenters. The van der Waals surface area contributed by atoms with Crippen LogP contribution in [0.2, 0.25) is 0 Å². The smallest absolute Gasteiger partial charge is 0.170 e. The molecule has 2 aromatic carbocycles. The molecule has 0 atom stereocenters. The fourth-order valence-corrected chi connectivity index (χ4v) is 3.47. The monoisotopic (exact) mass is 371 g/mol. The molecule has 5 nitrogen and oxygen atoms in total. The summed E-state index contributed by atoms with van der Waals surface area (Å²) in [6.45, 7) is 2.61. The van der Waals surface area contributed by atoms with E-state index < -0.39 is 0 Å². The maximum atomic E-state index is 5.60. The van der Waals surface area contributed by atoms with E-state index in [2.05, 4.69) is 4.37 Å². The maximum Gasteiger partial charge on any atom is 0.170 e. The summed E-state index contributed by atoms with van der Waals surface area (Å²) in [7, 11) is 4.85. The highest BCUT2D eigenvalue weighted by Gasteiger charge is 2.20. The zero-order chi connectivity index (χ0) is 18.5. The van der Waals surface area contributed by atoms with Crippen molar-refractivity contribution in [2.45, 2.75) is 6.92 Å². The average molecular weight is 371 g/mol. The first-order chi connectivity index (χ1) is 12.7. The largest absolute Gasteiger partial charge is 0.497 e. The Morgan fingerprint density at radius 1 is 0.885 bits per heavy atom. The number of aromatic nitrogens is 1. The van der Waals surface area contributed by atoms with Gasteiger partial charge in [-0.05, 0) is 42.2 Å². The van der Waals surface area contributed by atoms with Crippen LogP contribution in [0, 0.1) is 0 Å². The van der Waals surface area contributed by atoms with Gasteiger partial charge in [-0.1, -0.05) is 12.1 Å². The molecular weight excluding hydrogens is 350 g/mol. The van der Waals surface area contributed by atoms with Gasteiger partial charge in [0.15, 0.2) is 11.5 Å². The lowest BCUT2D eigenvalue weighted by Gasteiger charge is -2.14. The number of benzene rings is 2. The van der Waals surface area contributed by atoms with Gasteiger partial charge in [-0.3, -0.25) is 0 Å². The van der Waals surface area contributed by atoms with Crippen molar-refractivity contribution in [2.24, 2.45) is 0 Å². The minimum atomic E-state index is 0.604. The molecule has 1 aromatic heterocycles. The van der Waals surface area contributed by atoms with Gasteiger partial charge < -0.3 is 18.9 Å². The third-order valence-corrected chi connectivity index (χ3v) is 4.62. The molecule has 0 saturated heterocycles. The van der Waals surface area contributed by atoms with Crippen LogP contribution < -0.4 is 18.9 Å². The van der Waals surface area contributed by atoms with Crippen LogP contribution in [0.15, 0.2) is 41.8 Å². The molecule has 0 amide bonds. The lowest BCUT2D eigenvalue weighted by Crippen LogP contribution is -1.96. The molecule has 136 valence electrons. The molecule has 26 heavy (non-hydrogen) atoms. The number of nitrogens with zero attached hydrogens (tertiary/aromatic N) is 1. The Bertz CT molecular complexity index is 874. The Kier molecular flexibility index (Phi) is 5.63. The highest BCUT2D eigenvalue weighted by atomic mass is 32.1. The second kappa shape index (κ2) is 8.10. The second-order valence-electron chi connectivity index (χ2n) is 5.44. The lowest BCUT2D eigenvalue weighted by molar-refractivity contribution is 0.340. The van der Waals surface area contributed by atoms with Crippen molar-refractivity contribution < 1.29 is 18.9 Å². The Balaban J connectivity index is 2.11. The van der Waals surface area contributed by atoms with Gasteiger partial charge >= 0.3 is 0 Å². The van der Waals surface area contributed by atoms with Gasteiger partial charge in [0.25, 0.3) is 0 Å². The minimum Gasteiger partial charge on any atom is -0.497 e. The molecule has 0 saturated carbocycles. The van der Waals surface area contributed by atoms with Crippen LogP contribution in [-0.4, -0.2) is 32.3 Å². The molecule has 0 N–H and O–H groups in total. The van der Waals surface area contributed by atoms with E-state index in [1.807, 2.05) is 42.6 Å². The first-order valence-electron chi connectivity index (χ1n) is 8.19. The van der Waals surface area contributed by atoms with Gasteiger partial charge in [0.1, 0.15) is 11.5 Å². The Morgan fingerprint density at radius 2 is 1.65 bits per heavy atom. The third kappa shape index (κ3) is 3.46. The van der Waals surface area contributed by atoms with Gasteiger partial charge in [-0.15, -0.1) is 0 Å². The molecule has 3 rings (SSSR count). The Hall–Kier alpha value is -2.73. The normalized spacial score (nSPS) is 10.5. The summed E-state index contributed by atoms with van der Waals surface area (Å²) in [6.07, 6.45) is 0. The fourth-order valence-electron chi connectivity index (χ4n) is 2.77. The lowest BCUT2D eigenvalue weighted by atomic mass is 10.0. The fraction of sp³-hybridized carbons (Fsp3) is 0.250. The standard InChI is InChI=1S/C20H21NO4S/c1-5-25-14-8-6-13(7-9-14)17-12-26-21-19(17)16-10-15(22-2)11-18(23-3)20(16)24-4/h6-12H,5H2,1-4H3. The summed E-state index contributed by atoms with van der Waals surface area (Å²) >= 11 is 1.40. The highest BCUT2D eigenvalue weighted by Crippen LogP contribution is 2.44. The molecule has 0 fully saturated rings. The summed E-state index contributed by atoms with van der Waals surface area (Å²) in [5.41, 5.74) is 3.73. The van der Waals surface area contributed by atoms with Gasteiger partial charge in [-0.25, -0.2) is 0 Å². The van der Waals surface area contributed by atoms with E-state index in [1.165, 1.54) is 11.5 Å². The molecule has 0 bridgehead atoms. The number of rotatable bonds is 7. The van der Waals surface area contributed by atoms with Crippen LogP contribution in [0.5, 0.6) is 23.0 Å². The number of hydrogen-bond donors (Lipinski definition) is 0. The van der Waals surface area contributed by atoms with E-state index in [0.717, 1.165) is 28.1 Å². The van der Waals surface area contributed by atoms with Crippen LogP contribution in [-0.2, 0) is 0 Å². The van der Waals surface area contributed by atoms with Crippen molar-refractivity contribution in [3.8, 4) is 45.4 Å². The summed E-state index contributed by atoms with van der Waals surface area (Å²) in [5, 5.41) is 2.02. The summed E-state index contributed by atoms with van der Waals surface area (Å²) in [5.74, 6) is 2.77. The van der Waals surface area contributed by atoms with Crippen molar-refractivity contribution in [1.82, 2.24) is 4.37 Å². The summed E-state index contributed by atoms with van der Waals surface area (Å²) < 4.78 is 26.6. The van der Waals surface area contributed by atoms with Crippen LogP contribution in [0.3, 0.4) is 0 Å². The predicted octanol–water partition coefficient (Wildman–Crippen LogP) is 4.90. The maximum absolute atomic E-state index is 5.60. The molecule has 0 aliphatic rings.